The molecule has 1 amide bonds. The number of amidine groups is 1. The van der Waals surface area contributed by atoms with E-state index in [0.717, 1.165) is 16.9 Å². The van der Waals surface area contributed by atoms with Gasteiger partial charge in [0.2, 0.25) is 0 Å². The van der Waals surface area contributed by atoms with Gasteiger partial charge in [-0.1, -0.05) is 18.2 Å². The molecule has 8 heteroatoms. The summed E-state index contributed by atoms with van der Waals surface area (Å²) in [6, 6.07) is 18.6. The molecule has 1 aromatic heterocycles. The Bertz CT molecular complexity index is 1170. The Morgan fingerprint density at radius 1 is 1.03 bits per heavy atom. The number of rotatable bonds is 7. The number of amides is 1. The number of carbonyl (C=O) groups excluding carboxylic acids is 1. The van der Waals surface area contributed by atoms with Gasteiger partial charge in [-0.3, -0.25) is 9.69 Å². The van der Waals surface area contributed by atoms with Gasteiger partial charge >= 0.3 is 0 Å². The largest absolute Gasteiger partial charge is 0.497 e. The van der Waals surface area contributed by atoms with Gasteiger partial charge in [0.25, 0.3) is 5.91 Å². The van der Waals surface area contributed by atoms with Crippen molar-refractivity contribution in [1.82, 2.24) is 4.90 Å². The smallest absolute Gasteiger partial charge is 0.267 e. The first-order valence-corrected chi connectivity index (χ1v) is 10.6. The second-order valence-corrected chi connectivity index (χ2v) is 7.73. The topological polar surface area (TPSA) is 76.6 Å². The molecule has 0 spiro atoms. The highest BCUT2D eigenvalue weighted by Crippen LogP contribution is 2.35. The number of furan rings is 1. The standard InChI is InChI=1S/C24H21N3O4S/c1-29-19-11-9-17(10-12-19)15-25-26-24-27(16-20-7-5-13-31-20)23(28)22(32-24)14-18-6-3-4-8-21(18)30-2/h3-15H,16H2,1-2H3/b22-14-,25-15-,26-24+. The number of para-hydroxylation sites is 1. The molecule has 0 bridgehead atoms. The van der Waals surface area contributed by atoms with Gasteiger partial charge in [0.05, 0.1) is 38.1 Å². The zero-order chi connectivity index (χ0) is 22.3. The molecule has 1 aliphatic heterocycles. The van der Waals surface area contributed by atoms with Crippen LogP contribution in [0.3, 0.4) is 0 Å². The average Bonchev–Trinajstić information content (AvgIpc) is 3.44. The Kier molecular flexibility index (Phi) is 6.72. The van der Waals surface area contributed by atoms with Crippen LogP contribution in [0.1, 0.15) is 16.9 Å². The minimum absolute atomic E-state index is 0.171. The third-order valence-corrected chi connectivity index (χ3v) is 5.67. The molecule has 1 aliphatic rings. The maximum Gasteiger partial charge on any atom is 0.267 e. The molecule has 1 fully saturated rings. The van der Waals surface area contributed by atoms with Crippen LogP contribution in [0.2, 0.25) is 0 Å². The van der Waals surface area contributed by atoms with E-state index >= 15 is 0 Å². The van der Waals surface area contributed by atoms with Crippen LogP contribution < -0.4 is 9.47 Å². The minimum atomic E-state index is -0.171. The third-order valence-electron chi connectivity index (χ3n) is 4.67. The van der Waals surface area contributed by atoms with Crippen molar-refractivity contribution in [3.05, 3.63) is 88.7 Å². The molecule has 3 aromatic rings. The highest BCUT2D eigenvalue weighted by molar-refractivity contribution is 8.18. The van der Waals surface area contributed by atoms with E-state index in [1.807, 2.05) is 54.6 Å². The highest BCUT2D eigenvalue weighted by Gasteiger charge is 2.34. The Hall–Kier alpha value is -3.78. The Morgan fingerprint density at radius 3 is 2.56 bits per heavy atom. The average molecular weight is 448 g/mol. The van der Waals surface area contributed by atoms with Crippen LogP contribution in [0.25, 0.3) is 6.08 Å². The lowest BCUT2D eigenvalue weighted by Gasteiger charge is -2.12. The van der Waals surface area contributed by atoms with Gasteiger partial charge in [0, 0.05) is 5.56 Å². The van der Waals surface area contributed by atoms with Crippen molar-refractivity contribution in [2.75, 3.05) is 14.2 Å². The fourth-order valence-corrected chi connectivity index (χ4v) is 3.97. The predicted octanol–water partition coefficient (Wildman–Crippen LogP) is 4.80. The van der Waals surface area contributed by atoms with E-state index in [0.29, 0.717) is 21.6 Å². The number of nitrogens with zero attached hydrogens (tertiary/aromatic N) is 3. The van der Waals surface area contributed by atoms with Crippen LogP contribution in [0.15, 0.2) is 86.5 Å². The molecule has 2 heterocycles. The molecular weight excluding hydrogens is 426 g/mol. The molecule has 4 rings (SSSR count). The molecule has 32 heavy (non-hydrogen) atoms. The van der Waals surface area contributed by atoms with E-state index < -0.39 is 0 Å². The van der Waals surface area contributed by atoms with Crippen LogP contribution in [0, 0.1) is 0 Å². The number of benzene rings is 2. The Morgan fingerprint density at radius 2 is 1.84 bits per heavy atom. The SMILES string of the molecule is COc1ccc(/C=N\N=C2\S/C(=C\c3ccccc3OC)C(=O)N2Cc2ccco2)cc1. The van der Waals surface area contributed by atoms with E-state index in [2.05, 4.69) is 10.2 Å². The second-order valence-electron chi connectivity index (χ2n) is 6.72. The zero-order valence-electron chi connectivity index (χ0n) is 17.6. The van der Waals surface area contributed by atoms with Crippen molar-refractivity contribution in [3.63, 3.8) is 0 Å². The summed E-state index contributed by atoms with van der Waals surface area (Å²) >= 11 is 1.26. The van der Waals surface area contributed by atoms with E-state index in [4.69, 9.17) is 13.9 Å². The number of methoxy groups -OCH3 is 2. The van der Waals surface area contributed by atoms with Crippen molar-refractivity contribution in [1.29, 1.82) is 0 Å². The lowest BCUT2D eigenvalue weighted by Crippen LogP contribution is -2.28. The predicted molar refractivity (Wildman–Crippen MR) is 126 cm³/mol. The summed E-state index contributed by atoms with van der Waals surface area (Å²) in [5, 5.41) is 8.98. The van der Waals surface area contributed by atoms with Crippen LogP contribution in [-0.2, 0) is 11.3 Å². The van der Waals surface area contributed by atoms with Crippen LogP contribution in [0.4, 0.5) is 0 Å². The minimum Gasteiger partial charge on any atom is -0.497 e. The Balaban J connectivity index is 1.62. The third kappa shape index (κ3) is 4.92. The Labute approximate surface area is 190 Å². The molecule has 0 N–H and O–H groups in total. The summed E-state index contributed by atoms with van der Waals surface area (Å²) < 4.78 is 16.0. The molecule has 1 saturated heterocycles. The van der Waals surface area contributed by atoms with Gasteiger partial charge < -0.3 is 13.9 Å². The summed E-state index contributed by atoms with van der Waals surface area (Å²) in [5.41, 5.74) is 1.68. The van der Waals surface area contributed by atoms with Crippen molar-refractivity contribution >= 4 is 35.1 Å². The lowest BCUT2D eigenvalue weighted by molar-refractivity contribution is -0.122. The van der Waals surface area contributed by atoms with Crippen molar-refractivity contribution in [2.45, 2.75) is 6.54 Å². The van der Waals surface area contributed by atoms with Crippen molar-refractivity contribution in [2.24, 2.45) is 10.2 Å². The molecule has 0 aliphatic carbocycles. The number of hydrogen-bond donors (Lipinski definition) is 0. The molecule has 2 aromatic carbocycles. The summed E-state index contributed by atoms with van der Waals surface area (Å²) in [5.74, 6) is 1.94. The normalized spacial score (nSPS) is 16.4. The van der Waals surface area contributed by atoms with Gasteiger partial charge in [0.1, 0.15) is 17.3 Å². The molecule has 0 radical (unpaired) electrons. The van der Waals surface area contributed by atoms with E-state index in [9.17, 15) is 4.79 Å². The monoisotopic (exact) mass is 447 g/mol. The molecule has 162 valence electrons. The zero-order valence-corrected chi connectivity index (χ0v) is 18.4. The molecule has 0 unspecified atom stereocenters. The van der Waals surface area contributed by atoms with E-state index in [1.54, 1.807) is 43.7 Å². The van der Waals surface area contributed by atoms with Crippen molar-refractivity contribution < 1.29 is 18.7 Å². The number of thioether (sulfide) groups is 1. The van der Waals surface area contributed by atoms with Gasteiger partial charge in [-0.05, 0) is 65.9 Å². The van der Waals surface area contributed by atoms with Gasteiger partial charge in [0.15, 0.2) is 5.17 Å². The van der Waals surface area contributed by atoms with Gasteiger partial charge in [-0.25, -0.2) is 0 Å². The summed E-state index contributed by atoms with van der Waals surface area (Å²) in [6.07, 6.45) is 5.01. The molecule has 0 saturated carbocycles. The number of ether oxygens (including phenoxy) is 2. The molecule has 0 atom stereocenters. The van der Waals surface area contributed by atoms with Crippen LogP contribution in [-0.4, -0.2) is 36.4 Å². The number of hydrogen-bond acceptors (Lipinski definition) is 7. The first-order valence-electron chi connectivity index (χ1n) is 9.80. The van der Waals surface area contributed by atoms with Crippen LogP contribution in [0.5, 0.6) is 11.5 Å². The maximum atomic E-state index is 13.2. The number of carbonyl (C=O) groups is 1. The van der Waals surface area contributed by atoms with Crippen LogP contribution >= 0.6 is 11.8 Å². The summed E-state index contributed by atoms with van der Waals surface area (Å²) in [7, 11) is 3.22. The van der Waals surface area contributed by atoms with Crippen molar-refractivity contribution in [3.8, 4) is 11.5 Å². The van der Waals surface area contributed by atoms with Gasteiger partial charge in [-0.2, -0.15) is 5.10 Å². The first kappa shape index (κ1) is 21.5. The fourth-order valence-electron chi connectivity index (χ4n) is 3.04. The quantitative estimate of drug-likeness (QED) is 0.295. The maximum absolute atomic E-state index is 13.2. The second kappa shape index (κ2) is 10.0. The molecular formula is C24H21N3O4S. The van der Waals surface area contributed by atoms with E-state index in [-0.39, 0.29) is 12.5 Å². The summed E-state index contributed by atoms with van der Waals surface area (Å²) in [6.45, 7) is 0.263. The first-order chi connectivity index (χ1) is 15.7. The lowest BCUT2D eigenvalue weighted by atomic mass is 10.2. The molecule has 7 nitrogen and oxygen atoms in total. The summed E-state index contributed by atoms with van der Waals surface area (Å²) in [4.78, 5) is 15.2. The fraction of sp³-hybridized carbons (Fsp3) is 0.125. The van der Waals surface area contributed by atoms with E-state index in [1.165, 1.54) is 11.8 Å². The highest BCUT2D eigenvalue weighted by atomic mass is 32.2. The van der Waals surface area contributed by atoms with Gasteiger partial charge in [-0.15, -0.1) is 5.10 Å².